The molecule has 7 aliphatic rings. The van der Waals surface area contributed by atoms with Gasteiger partial charge < -0.3 is 9.47 Å². The third-order valence-electron chi connectivity index (χ3n) is 8.38. The number of hydrogen-bond donors (Lipinski definition) is 0. The van der Waals surface area contributed by atoms with Crippen LogP contribution in [0.3, 0.4) is 0 Å². The monoisotopic (exact) mass is 408 g/mol. The third-order valence-corrected chi connectivity index (χ3v) is 11.9. The van der Waals surface area contributed by atoms with E-state index in [-0.39, 0.29) is 9.74 Å². The van der Waals surface area contributed by atoms with Gasteiger partial charge in [0.25, 0.3) is 0 Å². The predicted molar refractivity (Wildman–Crippen MR) is 88.2 cm³/mol. The molecule has 1 aromatic carbocycles. The van der Waals surface area contributed by atoms with E-state index in [4.69, 9.17) is 9.47 Å². The SMILES string of the molecule is O=S(=O)(CC12C3[C@@H]4[C@H]1C1[C@@H]2[C@@H]3C4(Br)C12OCCO2)c1ccccc1. The Kier molecular flexibility index (Phi) is 2.02. The van der Waals surface area contributed by atoms with Gasteiger partial charge in [0.1, 0.15) is 0 Å². The first-order valence-electron chi connectivity index (χ1n) is 8.75. The fraction of sp³-hybridized carbons (Fsp3) is 0.667. The van der Waals surface area contributed by atoms with Gasteiger partial charge in [-0.05, 0) is 47.1 Å². The molecule has 1 aliphatic heterocycles. The fourth-order valence-corrected chi connectivity index (χ4v) is 11.8. The second-order valence-corrected chi connectivity index (χ2v) is 11.8. The van der Waals surface area contributed by atoms with E-state index < -0.39 is 15.6 Å². The summed E-state index contributed by atoms with van der Waals surface area (Å²) in [6.45, 7) is 1.34. The van der Waals surface area contributed by atoms with Crippen LogP contribution in [0.15, 0.2) is 35.2 Å². The van der Waals surface area contributed by atoms with Gasteiger partial charge in [-0.2, -0.15) is 0 Å². The summed E-state index contributed by atoms with van der Waals surface area (Å²) in [4.78, 5) is 0.467. The molecule has 1 saturated heterocycles. The number of halogens is 1. The molecule has 4 atom stereocenters. The van der Waals surface area contributed by atoms with Crippen LogP contribution in [0.5, 0.6) is 0 Å². The molecule has 7 fully saturated rings. The van der Waals surface area contributed by atoms with Gasteiger partial charge in [0.05, 0.1) is 28.2 Å². The molecule has 2 bridgehead atoms. The summed E-state index contributed by atoms with van der Waals surface area (Å²) in [5.41, 5.74) is 0.0186. The van der Waals surface area contributed by atoms with E-state index in [0.717, 1.165) is 0 Å². The molecule has 1 spiro atoms. The molecule has 4 nitrogen and oxygen atoms in total. The molecule has 0 N–H and O–H groups in total. The van der Waals surface area contributed by atoms with Gasteiger partial charge in [0.15, 0.2) is 15.6 Å². The zero-order chi connectivity index (χ0) is 16.1. The minimum Gasteiger partial charge on any atom is -0.346 e. The maximum atomic E-state index is 12.9. The normalized spacial score (nSPS) is 56.2. The number of ether oxygens (including phenoxy) is 2. The summed E-state index contributed by atoms with van der Waals surface area (Å²) in [6.07, 6.45) is 0. The Balaban J connectivity index is 1.28. The minimum atomic E-state index is -3.22. The molecule has 0 amide bonds. The van der Waals surface area contributed by atoms with Crippen LogP contribution in [0.4, 0.5) is 0 Å². The molecule has 0 aromatic heterocycles. The smallest absolute Gasteiger partial charge is 0.187 e. The van der Waals surface area contributed by atoms with Crippen LogP contribution in [0.25, 0.3) is 0 Å². The quantitative estimate of drug-likeness (QED) is 0.718. The Labute approximate surface area is 148 Å². The molecular formula is C18H17BrO4S. The Hall–Kier alpha value is -0.430. The molecule has 8 rings (SSSR count). The van der Waals surface area contributed by atoms with E-state index >= 15 is 0 Å². The van der Waals surface area contributed by atoms with Crippen molar-refractivity contribution in [3.8, 4) is 0 Å². The van der Waals surface area contributed by atoms with Crippen LogP contribution in [-0.2, 0) is 19.3 Å². The molecule has 6 heteroatoms. The van der Waals surface area contributed by atoms with Crippen molar-refractivity contribution in [1.29, 1.82) is 0 Å². The van der Waals surface area contributed by atoms with Gasteiger partial charge in [-0.1, -0.05) is 34.1 Å². The van der Waals surface area contributed by atoms with Crippen LogP contribution < -0.4 is 0 Å². The second kappa shape index (κ2) is 3.53. The molecule has 24 heavy (non-hydrogen) atoms. The Morgan fingerprint density at radius 1 is 0.958 bits per heavy atom. The average molecular weight is 409 g/mol. The van der Waals surface area contributed by atoms with Gasteiger partial charge in [0, 0.05) is 5.92 Å². The maximum Gasteiger partial charge on any atom is 0.187 e. The molecule has 6 aliphatic carbocycles. The zero-order valence-corrected chi connectivity index (χ0v) is 15.3. The lowest BCUT2D eigenvalue weighted by atomic mass is 9.13. The van der Waals surface area contributed by atoms with Crippen LogP contribution in [0.2, 0.25) is 0 Å². The number of alkyl halides is 1. The number of benzene rings is 1. The number of hydrogen-bond acceptors (Lipinski definition) is 4. The first-order valence-corrected chi connectivity index (χ1v) is 11.2. The minimum absolute atomic E-state index is 0.0186. The highest BCUT2D eigenvalue weighted by atomic mass is 79.9. The summed E-state index contributed by atoms with van der Waals surface area (Å²) in [6, 6.07) is 8.92. The maximum absolute atomic E-state index is 12.9. The molecular weight excluding hydrogens is 392 g/mol. The van der Waals surface area contributed by atoms with Crippen LogP contribution >= 0.6 is 15.9 Å². The summed E-state index contributed by atoms with van der Waals surface area (Å²) in [5.74, 6) is 2.88. The Bertz CT molecular complexity index is 871. The van der Waals surface area contributed by atoms with Gasteiger partial charge >= 0.3 is 0 Å². The van der Waals surface area contributed by atoms with Gasteiger partial charge in [-0.15, -0.1) is 0 Å². The van der Waals surface area contributed by atoms with Crippen molar-refractivity contribution in [2.24, 2.45) is 40.9 Å². The van der Waals surface area contributed by atoms with Crippen molar-refractivity contribution in [1.82, 2.24) is 0 Å². The molecule has 1 heterocycles. The van der Waals surface area contributed by atoms with Crippen LogP contribution in [-0.4, -0.2) is 37.5 Å². The Morgan fingerprint density at radius 3 is 2.17 bits per heavy atom. The summed E-state index contributed by atoms with van der Waals surface area (Å²) >= 11 is 4.02. The summed E-state index contributed by atoms with van der Waals surface area (Å²) in [5, 5.41) is 0. The van der Waals surface area contributed by atoms with Crippen molar-refractivity contribution in [2.45, 2.75) is 15.0 Å². The van der Waals surface area contributed by atoms with E-state index in [0.29, 0.717) is 59.4 Å². The number of rotatable bonds is 3. The van der Waals surface area contributed by atoms with Crippen LogP contribution in [0, 0.1) is 40.9 Å². The van der Waals surface area contributed by atoms with Crippen LogP contribution in [0.1, 0.15) is 0 Å². The van der Waals surface area contributed by atoms with Crippen molar-refractivity contribution in [3.63, 3.8) is 0 Å². The van der Waals surface area contributed by atoms with E-state index in [1.807, 2.05) is 6.07 Å². The third kappa shape index (κ3) is 0.959. The van der Waals surface area contributed by atoms with Gasteiger partial charge in [-0.3, -0.25) is 0 Å². The first-order chi connectivity index (χ1) is 11.5. The lowest BCUT2D eigenvalue weighted by Gasteiger charge is -2.91. The lowest BCUT2D eigenvalue weighted by Crippen LogP contribution is -2.93. The van der Waals surface area contributed by atoms with Gasteiger partial charge in [0.2, 0.25) is 0 Å². The summed E-state index contributed by atoms with van der Waals surface area (Å²) in [7, 11) is -3.22. The number of sulfone groups is 1. The highest BCUT2D eigenvalue weighted by Gasteiger charge is 3.08. The second-order valence-electron chi connectivity index (χ2n) is 8.47. The molecule has 0 unspecified atom stereocenters. The summed E-state index contributed by atoms with van der Waals surface area (Å²) < 4.78 is 38.2. The highest BCUT2D eigenvalue weighted by Crippen LogP contribution is 3.04. The van der Waals surface area contributed by atoms with Crippen molar-refractivity contribution >= 4 is 25.8 Å². The van der Waals surface area contributed by atoms with E-state index in [2.05, 4.69) is 15.9 Å². The zero-order valence-electron chi connectivity index (χ0n) is 12.9. The van der Waals surface area contributed by atoms with E-state index in [1.165, 1.54) is 0 Å². The van der Waals surface area contributed by atoms with E-state index in [1.54, 1.807) is 24.3 Å². The molecule has 6 saturated carbocycles. The molecule has 126 valence electrons. The van der Waals surface area contributed by atoms with E-state index in [9.17, 15) is 8.42 Å². The highest BCUT2D eigenvalue weighted by molar-refractivity contribution is 9.10. The first kappa shape index (κ1) is 13.7. The van der Waals surface area contributed by atoms with Crippen molar-refractivity contribution < 1.29 is 17.9 Å². The van der Waals surface area contributed by atoms with Crippen molar-refractivity contribution in [2.75, 3.05) is 19.0 Å². The molecule has 1 aromatic rings. The largest absolute Gasteiger partial charge is 0.346 e. The Morgan fingerprint density at radius 2 is 1.54 bits per heavy atom. The predicted octanol–water partition coefficient (Wildman–Crippen LogP) is 2.09. The lowest BCUT2D eigenvalue weighted by molar-refractivity contribution is -0.429. The topological polar surface area (TPSA) is 52.6 Å². The molecule has 0 radical (unpaired) electrons. The van der Waals surface area contributed by atoms with Crippen molar-refractivity contribution in [3.05, 3.63) is 30.3 Å². The fourth-order valence-electron chi connectivity index (χ4n) is 8.17. The standard InChI is InChI=1S/C18H17BrO4S/c19-17-13-10-14(17)12-15(18(17)22-6-7-23-18)11(13)16(10,12)8-24(20,21)9-4-2-1-3-5-9/h1-5,10-15H,6-8H2/t10?,11-,12-,13+,14+,15?,16?,17?/m0/s1. The average Bonchev–Trinajstić information content (AvgIpc) is 3.12. The van der Waals surface area contributed by atoms with Gasteiger partial charge in [-0.25, -0.2) is 8.42 Å².